The number of nitrogens with one attached hydrogen (secondary N) is 1. The predicted octanol–water partition coefficient (Wildman–Crippen LogP) is 3.20. The van der Waals surface area contributed by atoms with Crippen LogP contribution in [0.1, 0.15) is 49.4 Å². The Labute approximate surface area is 141 Å². The molecule has 24 heavy (non-hydrogen) atoms. The second kappa shape index (κ2) is 7.16. The van der Waals surface area contributed by atoms with Crippen molar-refractivity contribution in [3.8, 4) is 0 Å². The van der Waals surface area contributed by atoms with E-state index in [1.54, 1.807) is 24.3 Å². The van der Waals surface area contributed by atoms with Gasteiger partial charge in [-0.2, -0.15) is 0 Å². The number of rotatable bonds is 6. The molecule has 5 heteroatoms. The van der Waals surface area contributed by atoms with E-state index in [9.17, 15) is 14.4 Å². The summed E-state index contributed by atoms with van der Waals surface area (Å²) in [6, 6.07) is 6.62. The summed E-state index contributed by atoms with van der Waals surface area (Å²) in [4.78, 5) is 35.0. The maximum atomic E-state index is 11.9. The first-order chi connectivity index (χ1) is 11.5. The monoisotopic (exact) mass is 329 g/mol. The zero-order valence-corrected chi connectivity index (χ0v) is 13.9. The normalized spacial score (nSPS) is 24.6. The van der Waals surface area contributed by atoms with Crippen LogP contribution in [0.25, 0.3) is 0 Å². The van der Waals surface area contributed by atoms with Gasteiger partial charge in [0.05, 0.1) is 0 Å². The number of hydrogen-bond acceptors (Lipinski definition) is 4. The molecule has 0 unspecified atom stereocenters. The van der Waals surface area contributed by atoms with Crippen molar-refractivity contribution in [1.29, 1.82) is 0 Å². The van der Waals surface area contributed by atoms with Crippen molar-refractivity contribution in [3.63, 3.8) is 0 Å². The van der Waals surface area contributed by atoms with Crippen molar-refractivity contribution in [2.24, 2.45) is 17.8 Å². The first kappa shape index (κ1) is 16.7. The molecule has 0 saturated heterocycles. The zero-order chi connectivity index (χ0) is 17.1. The molecule has 2 saturated carbocycles. The minimum absolute atomic E-state index is 0.0255. The summed E-state index contributed by atoms with van der Waals surface area (Å²) in [5.41, 5.74) is 1.17. The highest BCUT2D eigenvalue weighted by molar-refractivity contribution is 5.96. The summed E-state index contributed by atoms with van der Waals surface area (Å²) >= 11 is 0. The van der Waals surface area contributed by atoms with Gasteiger partial charge >= 0.3 is 5.97 Å². The second-order valence-corrected chi connectivity index (χ2v) is 6.98. The maximum absolute atomic E-state index is 11.9. The van der Waals surface area contributed by atoms with E-state index in [2.05, 4.69) is 5.32 Å². The fraction of sp³-hybridized carbons (Fsp3) is 0.526. The third kappa shape index (κ3) is 4.02. The number of fused-ring (bicyclic) bond motifs is 2. The number of carbonyl (C=O) groups is 3. The zero-order valence-electron chi connectivity index (χ0n) is 13.9. The quantitative estimate of drug-likeness (QED) is 0.642. The van der Waals surface area contributed by atoms with Gasteiger partial charge in [0.25, 0.3) is 5.91 Å². The summed E-state index contributed by atoms with van der Waals surface area (Å²) in [5, 5.41) is 2.66. The molecule has 1 aromatic rings. The molecule has 3 rings (SSSR count). The molecule has 1 amide bonds. The van der Waals surface area contributed by atoms with Gasteiger partial charge in [0.15, 0.2) is 12.4 Å². The number of anilines is 1. The van der Waals surface area contributed by atoms with Crippen molar-refractivity contribution >= 4 is 23.3 Å². The summed E-state index contributed by atoms with van der Waals surface area (Å²) in [6.45, 7) is 1.22. The summed E-state index contributed by atoms with van der Waals surface area (Å²) < 4.78 is 5.10. The highest BCUT2D eigenvalue weighted by atomic mass is 16.5. The van der Waals surface area contributed by atoms with Crippen molar-refractivity contribution in [2.45, 2.75) is 39.0 Å². The van der Waals surface area contributed by atoms with Gasteiger partial charge < -0.3 is 10.1 Å². The van der Waals surface area contributed by atoms with Crippen LogP contribution in [0, 0.1) is 17.8 Å². The molecule has 5 nitrogen and oxygen atoms in total. The van der Waals surface area contributed by atoms with E-state index in [1.165, 1.54) is 26.2 Å². The summed E-state index contributed by atoms with van der Waals surface area (Å²) in [6.07, 6.45) is 5.37. The van der Waals surface area contributed by atoms with Crippen LogP contribution in [-0.4, -0.2) is 24.3 Å². The van der Waals surface area contributed by atoms with Crippen LogP contribution in [0.15, 0.2) is 24.3 Å². The maximum Gasteiger partial charge on any atom is 0.306 e. The molecule has 0 aliphatic heterocycles. The lowest BCUT2D eigenvalue weighted by Crippen LogP contribution is -2.23. The van der Waals surface area contributed by atoms with Crippen molar-refractivity contribution in [2.75, 3.05) is 11.9 Å². The van der Waals surface area contributed by atoms with Crippen LogP contribution in [0.4, 0.5) is 5.69 Å². The van der Waals surface area contributed by atoms with E-state index in [1.807, 2.05) is 0 Å². The Balaban J connectivity index is 1.40. The largest absolute Gasteiger partial charge is 0.456 e. The van der Waals surface area contributed by atoms with Crippen LogP contribution in [0.3, 0.4) is 0 Å². The van der Waals surface area contributed by atoms with Crippen LogP contribution in [-0.2, 0) is 14.3 Å². The molecule has 3 atom stereocenters. The molecule has 2 aliphatic carbocycles. The Hall–Kier alpha value is -2.17. The molecule has 2 bridgehead atoms. The highest BCUT2D eigenvalue weighted by Gasteiger charge is 2.40. The first-order valence-corrected chi connectivity index (χ1v) is 8.57. The van der Waals surface area contributed by atoms with Gasteiger partial charge in [-0.3, -0.25) is 14.4 Å². The van der Waals surface area contributed by atoms with Crippen LogP contribution >= 0.6 is 0 Å². The number of ketones is 1. The number of esters is 1. The van der Waals surface area contributed by atoms with Crippen molar-refractivity contribution in [1.82, 2.24) is 0 Å². The lowest BCUT2D eigenvalue weighted by molar-refractivity contribution is -0.148. The molecular formula is C19H23NO4. The molecular weight excluding hydrogens is 306 g/mol. The minimum Gasteiger partial charge on any atom is -0.456 e. The number of amides is 1. The van der Waals surface area contributed by atoms with E-state index in [4.69, 9.17) is 4.74 Å². The number of carbonyl (C=O) groups excluding carboxylic acids is 3. The van der Waals surface area contributed by atoms with Crippen LogP contribution in [0.5, 0.6) is 0 Å². The van der Waals surface area contributed by atoms with Gasteiger partial charge in [0, 0.05) is 17.7 Å². The van der Waals surface area contributed by atoms with E-state index in [0.29, 0.717) is 29.5 Å². The fourth-order valence-corrected chi connectivity index (χ4v) is 4.03. The molecule has 2 fully saturated rings. The average molecular weight is 329 g/mol. The molecule has 1 aromatic carbocycles. The molecule has 0 heterocycles. The Kier molecular flexibility index (Phi) is 4.97. The topological polar surface area (TPSA) is 72.5 Å². The number of benzene rings is 1. The van der Waals surface area contributed by atoms with Gasteiger partial charge in [0.2, 0.25) is 0 Å². The summed E-state index contributed by atoms with van der Waals surface area (Å²) in [7, 11) is 0. The highest BCUT2D eigenvalue weighted by Crippen LogP contribution is 2.49. The standard InChI is InChI=1S/C19H23NO4/c1-12(21)14-4-6-17(7-5-14)20-18(22)11-24-19(23)10-16-9-13-2-3-15(16)8-13/h4-7,13,15-16H,2-3,8-11H2,1H3,(H,20,22)/t13-,15+,16-/m1/s1. The van der Waals surface area contributed by atoms with Crippen molar-refractivity contribution < 1.29 is 19.1 Å². The minimum atomic E-state index is -0.369. The Morgan fingerprint density at radius 3 is 2.46 bits per heavy atom. The molecule has 0 spiro atoms. The predicted molar refractivity (Wildman–Crippen MR) is 89.6 cm³/mol. The van der Waals surface area contributed by atoms with Gasteiger partial charge in [0.1, 0.15) is 0 Å². The average Bonchev–Trinajstić information content (AvgIpc) is 3.16. The Morgan fingerprint density at radius 1 is 1.12 bits per heavy atom. The lowest BCUT2D eigenvalue weighted by Gasteiger charge is -2.20. The van der Waals surface area contributed by atoms with E-state index in [0.717, 1.165) is 12.3 Å². The SMILES string of the molecule is CC(=O)c1ccc(NC(=O)COC(=O)C[C@H]2C[C@@H]3CC[C@H]2C3)cc1. The van der Waals surface area contributed by atoms with Crippen LogP contribution in [0.2, 0.25) is 0 Å². The van der Waals surface area contributed by atoms with Gasteiger partial charge in [-0.25, -0.2) is 0 Å². The second-order valence-electron chi connectivity index (χ2n) is 6.98. The Morgan fingerprint density at radius 2 is 1.88 bits per heavy atom. The molecule has 0 aromatic heterocycles. The van der Waals surface area contributed by atoms with E-state index < -0.39 is 0 Å². The first-order valence-electron chi connectivity index (χ1n) is 8.57. The number of hydrogen-bond donors (Lipinski definition) is 1. The fourth-order valence-electron chi connectivity index (χ4n) is 4.03. The van der Waals surface area contributed by atoms with E-state index >= 15 is 0 Å². The third-order valence-electron chi connectivity index (χ3n) is 5.25. The van der Waals surface area contributed by atoms with Crippen molar-refractivity contribution in [3.05, 3.63) is 29.8 Å². The lowest BCUT2D eigenvalue weighted by atomic mass is 9.86. The third-order valence-corrected chi connectivity index (χ3v) is 5.25. The molecule has 128 valence electrons. The van der Waals surface area contributed by atoms with E-state index in [-0.39, 0.29) is 24.3 Å². The number of Topliss-reactive ketones (excluding diaryl/α,β-unsaturated/α-hetero) is 1. The molecule has 1 N–H and O–H groups in total. The van der Waals surface area contributed by atoms with Gasteiger partial charge in [-0.15, -0.1) is 0 Å². The molecule has 2 aliphatic rings. The number of ether oxygens (including phenoxy) is 1. The summed E-state index contributed by atoms with van der Waals surface area (Å²) in [5.74, 6) is 1.24. The van der Waals surface area contributed by atoms with Gasteiger partial charge in [-0.05, 0) is 68.2 Å². The van der Waals surface area contributed by atoms with Crippen LogP contribution < -0.4 is 5.32 Å². The Bertz CT molecular complexity index is 637. The molecule has 0 radical (unpaired) electrons. The van der Waals surface area contributed by atoms with Gasteiger partial charge in [-0.1, -0.05) is 6.42 Å². The smallest absolute Gasteiger partial charge is 0.306 e.